The minimum absolute atomic E-state index is 0.113. The van der Waals surface area contributed by atoms with Gasteiger partial charge in [-0.15, -0.1) is 0 Å². The number of benzene rings is 2. The van der Waals surface area contributed by atoms with Crippen molar-refractivity contribution < 1.29 is 9.47 Å². The minimum atomic E-state index is 0.113. The highest BCUT2D eigenvalue weighted by molar-refractivity contribution is 7.80. The quantitative estimate of drug-likeness (QED) is 0.432. The number of nitrogens with one attached hydrogen (secondary N) is 2. The summed E-state index contributed by atoms with van der Waals surface area (Å²) in [7, 11) is 1.65. The average Bonchev–Trinajstić information content (AvgIpc) is 2.62. The number of rotatable bonds is 8. The van der Waals surface area contributed by atoms with E-state index in [1.54, 1.807) is 13.3 Å². The predicted molar refractivity (Wildman–Crippen MR) is 105 cm³/mol. The summed E-state index contributed by atoms with van der Waals surface area (Å²) in [5.41, 5.74) is 4.79. The lowest BCUT2D eigenvalue weighted by atomic mass is 10.2. The van der Waals surface area contributed by atoms with Gasteiger partial charge in [0.25, 0.3) is 0 Å². The largest absolute Gasteiger partial charge is 0.488 e. The van der Waals surface area contributed by atoms with Crippen molar-refractivity contribution in [2.24, 2.45) is 5.10 Å². The van der Waals surface area contributed by atoms with Gasteiger partial charge in [0.2, 0.25) is 0 Å². The Labute approximate surface area is 154 Å². The van der Waals surface area contributed by atoms with Crippen molar-refractivity contribution >= 4 is 23.5 Å². The highest BCUT2D eigenvalue weighted by Crippen LogP contribution is 2.17. The summed E-state index contributed by atoms with van der Waals surface area (Å²) in [5, 5.41) is 7.70. The summed E-state index contributed by atoms with van der Waals surface area (Å²) in [4.78, 5) is 0. The van der Waals surface area contributed by atoms with E-state index in [1.807, 2.05) is 61.5 Å². The number of nitrogens with zero attached hydrogens (tertiary/aromatic N) is 1. The van der Waals surface area contributed by atoms with Crippen LogP contribution in [0.1, 0.15) is 18.1 Å². The maximum Gasteiger partial charge on any atom is 0.187 e. The summed E-state index contributed by atoms with van der Waals surface area (Å²) < 4.78 is 10.9. The zero-order chi connectivity index (χ0) is 17.9. The Kier molecular flexibility index (Phi) is 7.88. The van der Waals surface area contributed by atoms with Crippen LogP contribution in [-0.2, 0) is 11.3 Å². The monoisotopic (exact) mass is 357 g/mol. The number of hydrazone groups is 1. The Hall–Kier alpha value is -2.44. The molecule has 0 aromatic heterocycles. The first-order valence-corrected chi connectivity index (χ1v) is 8.44. The van der Waals surface area contributed by atoms with Crippen LogP contribution >= 0.6 is 12.2 Å². The summed E-state index contributed by atoms with van der Waals surface area (Å²) in [6, 6.07) is 17.9. The molecule has 0 heterocycles. The smallest absolute Gasteiger partial charge is 0.187 e. The van der Waals surface area contributed by atoms with Crippen molar-refractivity contribution in [3.63, 3.8) is 0 Å². The molecule has 0 aliphatic rings. The molecule has 0 aliphatic carbocycles. The fraction of sp³-hybridized carbons (Fsp3) is 0.263. The molecule has 6 heteroatoms. The first kappa shape index (κ1) is 18.9. The van der Waals surface area contributed by atoms with E-state index < -0.39 is 0 Å². The summed E-state index contributed by atoms with van der Waals surface area (Å²) in [6.45, 7) is 3.06. The number of methoxy groups -OCH3 is 1. The molecule has 2 rings (SSSR count). The van der Waals surface area contributed by atoms with Crippen LogP contribution in [0.5, 0.6) is 5.75 Å². The van der Waals surface area contributed by atoms with E-state index in [0.717, 1.165) is 16.9 Å². The van der Waals surface area contributed by atoms with E-state index in [2.05, 4.69) is 15.8 Å². The topological polar surface area (TPSA) is 54.9 Å². The standard InChI is InChI=1S/C19H23N3O2S/c1-15(13-23-2)21-19(25)22-20-12-17-10-6-7-11-18(17)24-14-16-8-4-3-5-9-16/h3-12,15H,13-14H2,1-2H3,(H2,21,22,25)/b20-12-/t15-/m1/s1. The van der Waals surface area contributed by atoms with Gasteiger partial charge in [-0.05, 0) is 36.8 Å². The molecular formula is C19H23N3O2S. The molecule has 0 radical (unpaired) electrons. The van der Waals surface area contributed by atoms with Crippen LogP contribution < -0.4 is 15.5 Å². The van der Waals surface area contributed by atoms with Gasteiger partial charge in [0.1, 0.15) is 12.4 Å². The van der Waals surface area contributed by atoms with Gasteiger partial charge in [-0.3, -0.25) is 5.43 Å². The zero-order valence-electron chi connectivity index (χ0n) is 14.4. The molecule has 5 nitrogen and oxygen atoms in total. The van der Waals surface area contributed by atoms with Gasteiger partial charge in [0.15, 0.2) is 5.11 Å². The zero-order valence-corrected chi connectivity index (χ0v) is 15.3. The Morgan fingerprint density at radius 2 is 1.88 bits per heavy atom. The van der Waals surface area contributed by atoms with Crippen LogP contribution in [0.3, 0.4) is 0 Å². The summed E-state index contributed by atoms with van der Waals surface area (Å²) in [5.74, 6) is 0.767. The van der Waals surface area contributed by atoms with Crippen molar-refractivity contribution in [1.29, 1.82) is 0 Å². The Balaban J connectivity index is 1.90. The molecule has 25 heavy (non-hydrogen) atoms. The van der Waals surface area contributed by atoms with Crippen LogP contribution in [-0.4, -0.2) is 31.1 Å². The van der Waals surface area contributed by atoms with Crippen LogP contribution in [0, 0.1) is 0 Å². The van der Waals surface area contributed by atoms with E-state index in [1.165, 1.54) is 0 Å². The molecule has 0 unspecified atom stereocenters. The second-order valence-electron chi connectivity index (χ2n) is 5.51. The molecule has 2 aromatic carbocycles. The molecule has 0 bridgehead atoms. The summed E-state index contributed by atoms with van der Waals surface area (Å²) in [6.07, 6.45) is 1.69. The molecule has 2 N–H and O–H groups in total. The van der Waals surface area contributed by atoms with Gasteiger partial charge < -0.3 is 14.8 Å². The van der Waals surface area contributed by atoms with Crippen LogP contribution in [0.15, 0.2) is 59.7 Å². The van der Waals surface area contributed by atoms with Crippen molar-refractivity contribution in [3.05, 3.63) is 65.7 Å². The van der Waals surface area contributed by atoms with Gasteiger partial charge in [-0.2, -0.15) is 5.10 Å². The van der Waals surface area contributed by atoms with Crippen LogP contribution in [0.4, 0.5) is 0 Å². The molecule has 132 valence electrons. The fourth-order valence-corrected chi connectivity index (χ4v) is 2.42. The maximum atomic E-state index is 5.89. The first-order valence-electron chi connectivity index (χ1n) is 8.03. The molecule has 0 fully saturated rings. The number of hydrogen-bond acceptors (Lipinski definition) is 4. The van der Waals surface area contributed by atoms with Gasteiger partial charge >= 0.3 is 0 Å². The van der Waals surface area contributed by atoms with Crippen molar-refractivity contribution in [2.45, 2.75) is 19.6 Å². The van der Waals surface area contributed by atoms with Crippen molar-refractivity contribution in [2.75, 3.05) is 13.7 Å². The highest BCUT2D eigenvalue weighted by atomic mass is 32.1. The first-order chi connectivity index (χ1) is 12.2. The van der Waals surface area contributed by atoms with E-state index in [-0.39, 0.29) is 6.04 Å². The molecule has 0 saturated carbocycles. The Morgan fingerprint density at radius 1 is 1.16 bits per heavy atom. The predicted octanol–water partition coefficient (Wildman–Crippen LogP) is 3.10. The number of thiocarbonyl (C=S) groups is 1. The maximum absolute atomic E-state index is 5.89. The molecule has 2 aromatic rings. The lowest BCUT2D eigenvalue weighted by Crippen LogP contribution is -2.40. The number of hydrogen-bond donors (Lipinski definition) is 2. The third-order valence-electron chi connectivity index (χ3n) is 3.32. The fourth-order valence-electron chi connectivity index (χ4n) is 2.16. The van der Waals surface area contributed by atoms with Crippen molar-refractivity contribution in [3.8, 4) is 5.75 Å². The third-order valence-corrected chi connectivity index (χ3v) is 3.53. The molecular weight excluding hydrogens is 334 g/mol. The second kappa shape index (κ2) is 10.4. The second-order valence-corrected chi connectivity index (χ2v) is 5.92. The van der Waals surface area contributed by atoms with Crippen LogP contribution in [0.25, 0.3) is 0 Å². The van der Waals surface area contributed by atoms with E-state index in [4.69, 9.17) is 21.7 Å². The van der Waals surface area contributed by atoms with Gasteiger partial charge in [-0.1, -0.05) is 42.5 Å². The van der Waals surface area contributed by atoms with E-state index in [9.17, 15) is 0 Å². The highest BCUT2D eigenvalue weighted by Gasteiger charge is 2.03. The molecule has 0 amide bonds. The normalized spacial score (nSPS) is 11.9. The van der Waals surface area contributed by atoms with Crippen molar-refractivity contribution in [1.82, 2.24) is 10.7 Å². The van der Waals surface area contributed by atoms with Gasteiger partial charge in [-0.25, -0.2) is 0 Å². The summed E-state index contributed by atoms with van der Waals surface area (Å²) >= 11 is 5.19. The van der Waals surface area contributed by atoms with Crippen LogP contribution in [0.2, 0.25) is 0 Å². The third kappa shape index (κ3) is 6.91. The average molecular weight is 357 g/mol. The Morgan fingerprint density at radius 3 is 2.64 bits per heavy atom. The minimum Gasteiger partial charge on any atom is -0.488 e. The molecule has 0 spiro atoms. The SMILES string of the molecule is COC[C@@H](C)NC(=S)N/N=C\c1ccccc1OCc1ccccc1. The molecule has 0 aliphatic heterocycles. The molecule has 0 saturated heterocycles. The van der Waals surface area contributed by atoms with E-state index in [0.29, 0.717) is 18.3 Å². The van der Waals surface area contributed by atoms with E-state index >= 15 is 0 Å². The lowest BCUT2D eigenvalue weighted by Gasteiger charge is -2.14. The number of ether oxygens (including phenoxy) is 2. The number of para-hydroxylation sites is 1. The molecule has 1 atom stereocenters. The van der Waals surface area contributed by atoms with Gasteiger partial charge in [0.05, 0.1) is 12.8 Å². The van der Waals surface area contributed by atoms with Gasteiger partial charge in [0, 0.05) is 18.7 Å². The lowest BCUT2D eigenvalue weighted by molar-refractivity contribution is 0.179. The Bertz CT molecular complexity index is 692.